The van der Waals surface area contributed by atoms with E-state index in [0.29, 0.717) is 39.8 Å². The summed E-state index contributed by atoms with van der Waals surface area (Å²) < 4.78 is 11.8. The number of thioether (sulfide) groups is 1. The minimum Gasteiger partial charge on any atom is -0.462 e. The number of rotatable bonds is 10. The summed E-state index contributed by atoms with van der Waals surface area (Å²) >= 11 is 2.55. The fraction of sp³-hybridized carbons (Fsp3) is 0.391. The van der Waals surface area contributed by atoms with Gasteiger partial charge in [0.2, 0.25) is 5.91 Å². The van der Waals surface area contributed by atoms with Crippen molar-refractivity contribution in [3.8, 4) is 0 Å². The van der Waals surface area contributed by atoms with Crippen molar-refractivity contribution in [2.24, 2.45) is 0 Å². The maximum absolute atomic E-state index is 12.9. The summed E-state index contributed by atoms with van der Waals surface area (Å²) in [5, 5.41) is 4.29. The molecular weight excluding hydrogens is 462 g/mol. The summed E-state index contributed by atoms with van der Waals surface area (Å²) in [5.74, 6) is -0.716. The van der Waals surface area contributed by atoms with Gasteiger partial charge in [-0.2, -0.15) is 0 Å². The van der Waals surface area contributed by atoms with Crippen LogP contribution in [0.3, 0.4) is 0 Å². The van der Waals surface area contributed by atoms with Crippen LogP contribution in [-0.2, 0) is 27.2 Å². The topological polar surface area (TPSA) is 99.5 Å². The zero-order chi connectivity index (χ0) is 24.0. The smallest absolute Gasteiger partial charge is 0.341 e. The van der Waals surface area contributed by atoms with Crippen molar-refractivity contribution in [1.29, 1.82) is 0 Å². The molecule has 0 fully saturated rings. The number of carbonyl (C=O) groups is 2. The van der Waals surface area contributed by atoms with E-state index in [2.05, 4.69) is 10.3 Å². The van der Waals surface area contributed by atoms with Gasteiger partial charge in [-0.1, -0.05) is 30.8 Å². The van der Waals surface area contributed by atoms with E-state index in [9.17, 15) is 14.4 Å². The Morgan fingerprint density at radius 2 is 2.00 bits per heavy atom. The Hall–Kier alpha value is -2.69. The Kier molecular flexibility index (Phi) is 8.65. The summed E-state index contributed by atoms with van der Waals surface area (Å²) in [4.78, 5) is 43.8. The quantitative estimate of drug-likeness (QED) is 0.262. The van der Waals surface area contributed by atoms with Crippen LogP contribution >= 0.6 is 23.1 Å². The monoisotopic (exact) mass is 489 g/mol. The van der Waals surface area contributed by atoms with Crippen LogP contribution in [0.1, 0.15) is 34.6 Å². The predicted molar refractivity (Wildman–Crippen MR) is 132 cm³/mol. The first-order valence-electron chi connectivity index (χ1n) is 10.6. The number of carbonyl (C=O) groups excluding carboxylic acids is 2. The number of ether oxygens (including phenoxy) is 2. The normalized spacial score (nSPS) is 11.0. The van der Waals surface area contributed by atoms with E-state index in [1.807, 2.05) is 19.9 Å². The average Bonchev–Trinajstić information content (AvgIpc) is 3.12. The van der Waals surface area contributed by atoms with E-state index >= 15 is 0 Å². The molecule has 1 aromatic carbocycles. The van der Waals surface area contributed by atoms with Gasteiger partial charge >= 0.3 is 5.97 Å². The van der Waals surface area contributed by atoms with Crippen molar-refractivity contribution in [3.63, 3.8) is 0 Å². The van der Waals surface area contributed by atoms with E-state index in [1.54, 1.807) is 32.2 Å². The van der Waals surface area contributed by atoms with E-state index in [0.717, 1.165) is 16.9 Å². The van der Waals surface area contributed by atoms with Crippen molar-refractivity contribution in [2.75, 3.05) is 31.4 Å². The van der Waals surface area contributed by atoms with Crippen LogP contribution < -0.4 is 10.9 Å². The van der Waals surface area contributed by atoms with Crippen LogP contribution in [-0.4, -0.2) is 47.5 Å². The molecule has 0 aliphatic rings. The molecule has 33 heavy (non-hydrogen) atoms. The van der Waals surface area contributed by atoms with Crippen molar-refractivity contribution >= 4 is 50.9 Å². The lowest BCUT2D eigenvalue weighted by atomic mass is 10.1. The second-order valence-corrected chi connectivity index (χ2v) is 9.17. The average molecular weight is 490 g/mol. The molecule has 0 saturated heterocycles. The highest BCUT2D eigenvalue weighted by Gasteiger charge is 2.23. The van der Waals surface area contributed by atoms with Crippen LogP contribution in [0.2, 0.25) is 0 Å². The molecule has 0 aliphatic carbocycles. The lowest BCUT2D eigenvalue weighted by Crippen LogP contribution is -2.26. The number of amides is 1. The Balaban J connectivity index is 1.83. The van der Waals surface area contributed by atoms with Gasteiger partial charge in [-0.25, -0.2) is 9.78 Å². The second kappa shape index (κ2) is 11.4. The van der Waals surface area contributed by atoms with Gasteiger partial charge in [-0.15, -0.1) is 11.3 Å². The molecule has 10 heteroatoms. The Morgan fingerprint density at radius 3 is 2.70 bits per heavy atom. The number of benzene rings is 1. The zero-order valence-corrected chi connectivity index (χ0v) is 20.7. The SMILES string of the molecule is CCOC(=O)c1c(NC(=O)CSc2nc3ccccc3c(=O)n2CCOC)sc(CC)c1C. The molecule has 2 heterocycles. The molecule has 0 saturated carbocycles. The van der Waals surface area contributed by atoms with Gasteiger partial charge in [0.1, 0.15) is 5.00 Å². The molecule has 8 nitrogen and oxygen atoms in total. The lowest BCUT2D eigenvalue weighted by molar-refractivity contribution is -0.113. The molecule has 3 aromatic rings. The number of methoxy groups -OCH3 is 1. The van der Waals surface area contributed by atoms with Gasteiger partial charge in [0.25, 0.3) is 5.56 Å². The van der Waals surface area contributed by atoms with E-state index in [1.165, 1.54) is 27.7 Å². The summed E-state index contributed by atoms with van der Waals surface area (Å²) in [6.07, 6.45) is 0.750. The van der Waals surface area contributed by atoms with E-state index in [4.69, 9.17) is 9.47 Å². The lowest BCUT2D eigenvalue weighted by Gasteiger charge is -2.13. The number of hydrogen-bond donors (Lipinski definition) is 1. The molecule has 176 valence electrons. The highest BCUT2D eigenvalue weighted by Crippen LogP contribution is 2.34. The molecule has 0 spiro atoms. The molecule has 1 N–H and O–H groups in total. The molecule has 0 bridgehead atoms. The maximum Gasteiger partial charge on any atom is 0.341 e. The Labute approximate surface area is 200 Å². The minimum absolute atomic E-state index is 0.0262. The summed E-state index contributed by atoms with van der Waals surface area (Å²) in [5.41, 5.74) is 1.63. The number of thiophene rings is 1. The van der Waals surface area contributed by atoms with Gasteiger partial charge in [0.05, 0.1) is 42.0 Å². The number of aromatic nitrogens is 2. The first kappa shape index (κ1) is 24.9. The van der Waals surface area contributed by atoms with Crippen molar-refractivity contribution in [1.82, 2.24) is 9.55 Å². The first-order chi connectivity index (χ1) is 15.9. The van der Waals surface area contributed by atoms with E-state index < -0.39 is 5.97 Å². The highest BCUT2D eigenvalue weighted by atomic mass is 32.2. The standard InChI is InChI=1S/C23H27N3O5S2/c1-5-17-14(3)19(22(29)31-6-2)20(33-17)25-18(27)13-32-23-24-16-10-8-7-9-15(16)21(28)26(23)11-12-30-4/h7-10H,5-6,11-13H2,1-4H3,(H,25,27). The largest absolute Gasteiger partial charge is 0.462 e. The Morgan fingerprint density at radius 1 is 1.24 bits per heavy atom. The molecule has 1 amide bonds. The molecule has 0 atom stereocenters. The molecule has 0 radical (unpaired) electrons. The van der Waals surface area contributed by atoms with Gasteiger partial charge in [-0.05, 0) is 38.0 Å². The molecule has 2 aromatic heterocycles. The number of esters is 1. The summed E-state index contributed by atoms with van der Waals surface area (Å²) in [6.45, 7) is 6.53. The summed E-state index contributed by atoms with van der Waals surface area (Å²) in [7, 11) is 1.56. The molecular formula is C23H27N3O5S2. The number of anilines is 1. The first-order valence-corrected chi connectivity index (χ1v) is 12.4. The third-order valence-electron chi connectivity index (χ3n) is 4.98. The van der Waals surface area contributed by atoms with Crippen LogP contribution in [0.4, 0.5) is 5.00 Å². The van der Waals surface area contributed by atoms with Crippen LogP contribution in [0.25, 0.3) is 10.9 Å². The fourth-order valence-corrected chi connectivity index (χ4v) is 5.34. The predicted octanol–water partition coefficient (Wildman–Crippen LogP) is 3.88. The van der Waals surface area contributed by atoms with Crippen LogP contribution in [0.15, 0.2) is 34.2 Å². The maximum atomic E-state index is 12.9. The third kappa shape index (κ3) is 5.63. The second-order valence-electron chi connectivity index (χ2n) is 7.13. The number of para-hydroxylation sites is 1. The van der Waals surface area contributed by atoms with Crippen LogP contribution in [0, 0.1) is 6.92 Å². The highest BCUT2D eigenvalue weighted by molar-refractivity contribution is 7.99. The van der Waals surface area contributed by atoms with Gasteiger partial charge in [0, 0.05) is 12.0 Å². The van der Waals surface area contributed by atoms with Crippen molar-refractivity contribution in [3.05, 3.63) is 50.6 Å². The molecule has 3 rings (SSSR count). The third-order valence-corrected chi connectivity index (χ3v) is 7.31. The fourth-order valence-electron chi connectivity index (χ4n) is 3.37. The molecule has 0 aliphatic heterocycles. The van der Waals surface area contributed by atoms with Gasteiger partial charge in [-0.3, -0.25) is 14.2 Å². The number of nitrogens with zero attached hydrogens (tertiary/aromatic N) is 2. The number of hydrogen-bond acceptors (Lipinski definition) is 8. The molecule has 0 unspecified atom stereocenters. The van der Waals surface area contributed by atoms with Crippen molar-refractivity contribution in [2.45, 2.75) is 38.9 Å². The summed E-state index contributed by atoms with van der Waals surface area (Å²) in [6, 6.07) is 7.11. The van der Waals surface area contributed by atoms with Gasteiger partial charge in [0.15, 0.2) is 5.16 Å². The number of fused-ring (bicyclic) bond motifs is 1. The zero-order valence-electron chi connectivity index (χ0n) is 19.1. The van der Waals surface area contributed by atoms with Crippen molar-refractivity contribution < 1.29 is 19.1 Å². The van der Waals surface area contributed by atoms with Gasteiger partial charge < -0.3 is 14.8 Å². The van der Waals surface area contributed by atoms with E-state index in [-0.39, 0.29) is 23.8 Å². The minimum atomic E-state index is -0.446. The number of aryl methyl sites for hydroxylation is 1. The Bertz CT molecular complexity index is 1220. The van der Waals surface area contributed by atoms with Crippen LogP contribution in [0.5, 0.6) is 0 Å². The number of nitrogens with one attached hydrogen (secondary N) is 1.